The first-order valence-corrected chi connectivity index (χ1v) is 7.87. The summed E-state index contributed by atoms with van der Waals surface area (Å²) in [5.74, 6) is -0.509. The lowest BCUT2D eigenvalue weighted by atomic mass is 10.0. The first-order chi connectivity index (χ1) is 11.1. The van der Waals surface area contributed by atoms with E-state index in [9.17, 15) is 9.59 Å². The molecule has 0 aliphatic carbocycles. The highest BCUT2D eigenvalue weighted by Gasteiger charge is 2.40. The average Bonchev–Trinajstić information content (AvgIpc) is 3.09. The van der Waals surface area contributed by atoms with Crippen molar-refractivity contribution in [2.75, 3.05) is 0 Å². The van der Waals surface area contributed by atoms with Crippen LogP contribution >= 0.6 is 15.9 Å². The van der Waals surface area contributed by atoms with Crippen molar-refractivity contribution in [3.63, 3.8) is 0 Å². The zero-order chi connectivity index (χ0) is 16.0. The van der Waals surface area contributed by atoms with Gasteiger partial charge in [-0.2, -0.15) is 0 Å². The molecule has 2 aliphatic heterocycles. The van der Waals surface area contributed by atoms with Crippen LogP contribution in [-0.2, 0) is 9.59 Å². The molecule has 2 aromatic rings. The quantitative estimate of drug-likeness (QED) is 0.858. The number of carbonyl (C=O) groups is 2. The van der Waals surface area contributed by atoms with E-state index in [0.717, 1.165) is 15.6 Å². The minimum absolute atomic E-state index is 0.255. The molecule has 0 spiro atoms. The lowest BCUT2D eigenvalue weighted by molar-refractivity contribution is -0.117. The van der Waals surface area contributed by atoms with Crippen LogP contribution < -0.4 is 10.6 Å². The monoisotopic (exact) mass is 366 g/mol. The van der Waals surface area contributed by atoms with Gasteiger partial charge in [-0.05, 0) is 23.3 Å². The smallest absolute Gasteiger partial charge is 0.258 e. The van der Waals surface area contributed by atoms with Crippen molar-refractivity contribution < 1.29 is 9.59 Å². The van der Waals surface area contributed by atoms with E-state index in [0.29, 0.717) is 22.5 Å². The number of carbonyl (C=O) groups excluding carboxylic acids is 2. The second-order valence-electron chi connectivity index (χ2n) is 5.28. The number of amides is 2. The van der Waals surface area contributed by atoms with Gasteiger partial charge in [-0.25, -0.2) is 0 Å². The molecule has 0 atom stereocenters. The lowest BCUT2D eigenvalue weighted by Crippen LogP contribution is -2.21. The number of benzene rings is 2. The predicted molar refractivity (Wildman–Crippen MR) is 90.7 cm³/mol. The molecule has 2 N–H and O–H groups in total. The number of hydrogen-bond donors (Lipinski definition) is 2. The summed E-state index contributed by atoms with van der Waals surface area (Å²) in [6, 6.07) is 16.9. The number of fused-ring (bicyclic) bond motifs is 1. The Kier molecular flexibility index (Phi) is 3.16. The van der Waals surface area contributed by atoms with Crippen LogP contribution in [0, 0.1) is 0 Å². The van der Waals surface area contributed by atoms with Gasteiger partial charge in [-0.1, -0.05) is 58.4 Å². The Balaban J connectivity index is 1.90. The van der Waals surface area contributed by atoms with Crippen molar-refractivity contribution in [2.24, 2.45) is 0 Å². The predicted octanol–water partition coefficient (Wildman–Crippen LogP) is 2.83. The van der Waals surface area contributed by atoms with Crippen LogP contribution in [0.1, 0.15) is 11.1 Å². The van der Waals surface area contributed by atoms with E-state index in [1.54, 1.807) is 0 Å². The Bertz CT molecular complexity index is 896. The summed E-state index contributed by atoms with van der Waals surface area (Å²) in [6.07, 6.45) is 0. The van der Waals surface area contributed by atoms with Gasteiger partial charge < -0.3 is 10.6 Å². The summed E-state index contributed by atoms with van der Waals surface area (Å²) in [5.41, 5.74) is 3.57. The fourth-order valence-electron chi connectivity index (χ4n) is 2.84. The van der Waals surface area contributed by atoms with E-state index < -0.39 is 0 Å². The first kappa shape index (κ1) is 14.0. The molecule has 0 bridgehead atoms. The summed E-state index contributed by atoms with van der Waals surface area (Å²) >= 11 is 3.38. The van der Waals surface area contributed by atoms with Crippen molar-refractivity contribution in [1.82, 2.24) is 10.6 Å². The Morgan fingerprint density at radius 3 is 1.65 bits per heavy atom. The van der Waals surface area contributed by atoms with Gasteiger partial charge in [0.15, 0.2) is 0 Å². The minimum Gasteiger partial charge on any atom is -0.321 e. The van der Waals surface area contributed by atoms with Gasteiger partial charge in [-0.3, -0.25) is 9.59 Å². The van der Waals surface area contributed by atoms with E-state index in [-0.39, 0.29) is 11.8 Å². The second kappa shape index (κ2) is 5.21. The molecule has 0 fully saturated rings. The molecule has 2 aromatic carbocycles. The van der Waals surface area contributed by atoms with Crippen molar-refractivity contribution in [1.29, 1.82) is 0 Å². The second-order valence-corrected chi connectivity index (χ2v) is 6.20. The molecule has 23 heavy (non-hydrogen) atoms. The maximum atomic E-state index is 12.4. The largest absolute Gasteiger partial charge is 0.321 e. The number of halogens is 1. The molecule has 0 saturated carbocycles. The standard InChI is InChI=1S/C18H11BrN2O2/c19-12-8-6-11(7-9-12)16-14-13(17(22)21-16)15(20-18(14)23)10-4-2-1-3-5-10/h1-9H,(H,20,23)(H,21,22). The van der Waals surface area contributed by atoms with Crippen LogP contribution in [0.4, 0.5) is 0 Å². The molecule has 0 saturated heterocycles. The van der Waals surface area contributed by atoms with E-state index in [2.05, 4.69) is 26.6 Å². The fraction of sp³-hybridized carbons (Fsp3) is 0. The molecule has 4 rings (SSSR count). The normalized spacial score (nSPS) is 16.6. The third-order valence-electron chi connectivity index (χ3n) is 3.88. The van der Waals surface area contributed by atoms with Crippen molar-refractivity contribution in [3.05, 3.63) is 81.3 Å². The van der Waals surface area contributed by atoms with Crippen LogP contribution in [0.15, 0.2) is 70.2 Å². The van der Waals surface area contributed by atoms with Crippen LogP contribution in [0.3, 0.4) is 0 Å². The molecule has 2 aliphatic rings. The number of rotatable bonds is 2. The summed E-state index contributed by atoms with van der Waals surface area (Å²) in [5, 5.41) is 5.65. The van der Waals surface area contributed by atoms with Crippen LogP contribution in [0.5, 0.6) is 0 Å². The Hall–Kier alpha value is -2.66. The van der Waals surface area contributed by atoms with Crippen molar-refractivity contribution in [2.45, 2.75) is 0 Å². The van der Waals surface area contributed by atoms with Crippen molar-refractivity contribution >= 4 is 39.1 Å². The molecule has 0 unspecified atom stereocenters. The maximum absolute atomic E-state index is 12.4. The minimum atomic E-state index is -0.255. The van der Waals surface area contributed by atoms with Gasteiger partial charge in [0.1, 0.15) is 0 Å². The molecule has 0 aromatic heterocycles. The highest BCUT2D eigenvalue weighted by atomic mass is 79.9. The fourth-order valence-corrected chi connectivity index (χ4v) is 3.10. The maximum Gasteiger partial charge on any atom is 0.258 e. The molecule has 4 nitrogen and oxygen atoms in total. The van der Waals surface area contributed by atoms with Gasteiger partial charge in [-0.15, -0.1) is 0 Å². The summed E-state index contributed by atoms with van der Waals surface area (Å²) in [4.78, 5) is 24.8. The zero-order valence-electron chi connectivity index (χ0n) is 11.9. The Labute approximate surface area is 141 Å². The molecule has 112 valence electrons. The van der Waals surface area contributed by atoms with E-state index in [4.69, 9.17) is 0 Å². The van der Waals surface area contributed by atoms with Gasteiger partial charge in [0.2, 0.25) is 0 Å². The van der Waals surface area contributed by atoms with Gasteiger partial charge in [0, 0.05) is 4.47 Å². The molecule has 0 radical (unpaired) electrons. The zero-order valence-corrected chi connectivity index (χ0v) is 13.5. The molecular weight excluding hydrogens is 356 g/mol. The van der Waals surface area contributed by atoms with Crippen LogP contribution in [-0.4, -0.2) is 11.8 Å². The van der Waals surface area contributed by atoms with E-state index >= 15 is 0 Å². The Morgan fingerprint density at radius 1 is 0.652 bits per heavy atom. The topological polar surface area (TPSA) is 58.2 Å². The van der Waals surface area contributed by atoms with Gasteiger partial charge in [0.05, 0.1) is 22.5 Å². The third-order valence-corrected chi connectivity index (χ3v) is 4.41. The van der Waals surface area contributed by atoms with Gasteiger partial charge >= 0.3 is 0 Å². The first-order valence-electron chi connectivity index (χ1n) is 7.08. The summed E-state index contributed by atoms with van der Waals surface area (Å²) in [6.45, 7) is 0. The molecule has 2 heterocycles. The number of hydrogen-bond acceptors (Lipinski definition) is 2. The summed E-state index contributed by atoms with van der Waals surface area (Å²) in [7, 11) is 0. The highest BCUT2D eigenvalue weighted by molar-refractivity contribution is 9.10. The van der Waals surface area contributed by atoms with Gasteiger partial charge in [0.25, 0.3) is 11.8 Å². The third kappa shape index (κ3) is 2.21. The summed E-state index contributed by atoms with van der Waals surface area (Å²) < 4.78 is 0.938. The Morgan fingerprint density at radius 2 is 1.13 bits per heavy atom. The van der Waals surface area contributed by atoms with Crippen LogP contribution in [0.2, 0.25) is 0 Å². The highest BCUT2D eigenvalue weighted by Crippen LogP contribution is 2.37. The van der Waals surface area contributed by atoms with E-state index in [1.807, 2.05) is 54.6 Å². The molecule has 5 heteroatoms. The SMILES string of the molecule is O=C1NC(c2ccc(Br)cc2)=C2C(=O)NC(c3ccccc3)=C12. The average molecular weight is 367 g/mol. The number of nitrogens with one attached hydrogen (secondary N) is 2. The lowest BCUT2D eigenvalue weighted by Gasteiger charge is -2.07. The van der Waals surface area contributed by atoms with Crippen molar-refractivity contribution in [3.8, 4) is 0 Å². The molecule has 2 amide bonds. The van der Waals surface area contributed by atoms with E-state index in [1.165, 1.54) is 0 Å². The van der Waals surface area contributed by atoms with Crippen LogP contribution in [0.25, 0.3) is 11.4 Å². The molecular formula is C18H11BrN2O2.